The smallest absolute Gasteiger partial charge is 0.307 e. The highest BCUT2D eigenvalue weighted by molar-refractivity contribution is 5.99. The molecule has 3 aromatic rings. The zero-order chi connectivity index (χ0) is 21.7. The van der Waals surface area contributed by atoms with Gasteiger partial charge in [-0.05, 0) is 32.0 Å². The Hall–Kier alpha value is -3.42. The number of hydrogen-bond donors (Lipinski definition) is 0. The van der Waals surface area contributed by atoms with Gasteiger partial charge in [0.05, 0.1) is 20.0 Å². The summed E-state index contributed by atoms with van der Waals surface area (Å²) in [4.78, 5) is 40.2. The van der Waals surface area contributed by atoms with E-state index in [1.165, 1.54) is 7.11 Å². The quantitative estimate of drug-likeness (QED) is 0.393. The second-order valence-corrected chi connectivity index (χ2v) is 6.92. The number of oxazole rings is 1. The first-order valence-electron chi connectivity index (χ1n) is 9.66. The predicted octanol–water partition coefficient (Wildman–Crippen LogP) is 3.17. The second-order valence-electron chi connectivity index (χ2n) is 6.92. The van der Waals surface area contributed by atoms with E-state index in [0.29, 0.717) is 30.0 Å². The van der Waals surface area contributed by atoms with Crippen molar-refractivity contribution in [1.82, 2.24) is 9.55 Å². The van der Waals surface area contributed by atoms with E-state index in [4.69, 9.17) is 9.15 Å². The summed E-state index contributed by atoms with van der Waals surface area (Å²) in [6, 6.07) is 9.09. The van der Waals surface area contributed by atoms with Crippen LogP contribution in [0.2, 0.25) is 0 Å². The molecule has 0 aliphatic rings. The van der Waals surface area contributed by atoms with Crippen LogP contribution < -0.4 is 0 Å². The molecule has 1 aromatic carbocycles. The molecule has 8 nitrogen and oxygen atoms in total. The number of carbonyl (C=O) groups excluding carboxylic acids is 3. The van der Waals surface area contributed by atoms with E-state index in [0.717, 1.165) is 16.9 Å². The third-order valence-corrected chi connectivity index (χ3v) is 4.89. The third-order valence-electron chi connectivity index (χ3n) is 4.89. The average Bonchev–Trinajstić information content (AvgIpc) is 3.28. The lowest BCUT2D eigenvalue weighted by Gasteiger charge is -2.09. The second kappa shape index (κ2) is 9.39. The fraction of sp³-hybridized carbons (Fsp3) is 0.364. The number of carbonyl (C=O) groups is 3. The number of hydrogen-bond acceptors (Lipinski definition) is 7. The number of ether oxygens (including phenoxy) is 2. The first-order chi connectivity index (χ1) is 14.4. The summed E-state index contributed by atoms with van der Waals surface area (Å²) in [5.41, 5.74) is 3.45. The normalized spacial score (nSPS) is 10.9. The fourth-order valence-corrected chi connectivity index (χ4v) is 3.26. The van der Waals surface area contributed by atoms with Crippen LogP contribution in [0.1, 0.15) is 40.5 Å². The van der Waals surface area contributed by atoms with Gasteiger partial charge in [-0.15, -0.1) is 0 Å². The van der Waals surface area contributed by atoms with E-state index in [9.17, 15) is 14.4 Å². The van der Waals surface area contributed by atoms with Gasteiger partial charge in [-0.3, -0.25) is 14.4 Å². The first-order valence-corrected chi connectivity index (χ1v) is 9.66. The fourth-order valence-electron chi connectivity index (χ4n) is 3.26. The number of fused-ring (bicyclic) bond motifs is 1. The Morgan fingerprint density at radius 2 is 1.87 bits per heavy atom. The van der Waals surface area contributed by atoms with Gasteiger partial charge in [0.2, 0.25) is 5.78 Å². The number of Topliss-reactive ketones (excluding diaryl/α,β-unsaturated/α-hetero) is 1. The molecule has 0 aliphatic heterocycles. The van der Waals surface area contributed by atoms with Crippen molar-refractivity contribution in [2.24, 2.45) is 0 Å². The zero-order valence-electron chi connectivity index (χ0n) is 17.3. The maximum Gasteiger partial charge on any atom is 0.307 e. The van der Waals surface area contributed by atoms with Crippen molar-refractivity contribution in [2.45, 2.75) is 39.7 Å². The van der Waals surface area contributed by atoms with Crippen LogP contribution in [0.15, 0.2) is 34.7 Å². The molecule has 2 aromatic heterocycles. The first kappa shape index (κ1) is 21.3. The molecule has 0 aliphatic carbocycles. The van der Waals surface area contributed by atoms with Crippen LogP contribution in [0.3, 0.4) is 0 Å². The number of nitrogens with zero attached hydrogens (tertiary/aromatic N) is 2. The van der Waals surface area contributed by atoms with E-state index in [1.54, 1.807) is 13.0 Å². The molecule has 3 rings (SSSR count). The highest BCUT2D eigenvalue weighted by atomic mass is 16.5. The monoisotopic (exact) mass is 412 g/mol. The number of ketones is 1. The van der Waals surface area contributed by atoms with Gasteiger partial charge in [0.1, 0.15) is 5.52 Å². The van der Waals surface area contributed by atoms with Gasteiger partial charge in [0.25, 0.3) is 0 Å². The van der Waals surface area contributed by atoms with Crippen molar-refractivity contribution in [3.05, 3.63) is 53.2 Å². The van der Waals surface area contributed by atoms with E-state index in [2.05, 4.69) is 9.72 Å². The highest BCUT2D eigenvalue weighted by Gasteiger charge is 2.18. The van der Waals surface area contributed by atoms with Crippen molar-refractivity contribution in [3.8, 4) is 0 Å². The van der Waals surface area contributed by atoms with Crippen LogP contribution in [0.25, 0.3) is 11.1 Å². The molecule has 0 amide bonds. The van der Waals surface area contributed by atoms with Crippen LogP contribution in [-0.2, 0) is 32.0 Å². The van der Waals surface area contributed by atoms with Crippen molar-refractivity contribution < 1.29 is 28.3 Å². The molecule has 0 unspecified atom stereocenters. The SMILES string of the molecule is COC(=O)CCn1c(C)cc(C(=O)COC(=O)CCc2nc3ccccc3o2)c1C. The lowest BCUT2D eigenvalue weighted by Crippen LogP contribution is -2.15. The number of esters is 2. The summed E-state index contributed by atoms with van der Waals surface area (Å²) in [7, 11) is 1.34. The predicted molar refractivity (Wildman–Crippen MR) is 108 cm³/mol. The van der Waals surface area contributed by atoms with Crippen molar-refractivity contribution in [3.63, 3.8) is 0 Å². The van der Waals surface area contributed by atoms with Gasteiger partial charge in [-0.25, -0.2) is 4.98 Å². The number of methoxy groups -OCH3 is 1. The van der Waals surface area contributed by atoms with E-state index in [1.807, 2.05) is 35.8 Å². The number of para-hydroxylation sites is 2. The molecule has 0 bridgehead atoms. The third kappa shape index (κ3) is 4.94. The minimum atomic E-state index is -0.495. The van der Waals surface area contributed by atoms with Crippen LogP contribution in [-0.4, -0.2) is 41.0 Å². The Labute approximate surface area is 173 Å². The van der Waals surface area contributed by atoms with Gasteiger partial charge in [-0.1, -0.05) is 12.1 Å². The van der Waals surface area contributed by atoms with Crippen molar-refractivity contribution in [1.29, 1.82) is 0 Å². The molecule has 2 heterocycles. The Morgan fingerprint density at radius 1 is 1.10 bits per heavy atom. The van der Waals surface area contributed by atoms with Crippen molar-refractivity contribution >= 4 is 28.8 Å². The molecule has 0 N–H and O–H groups in total. The summed E-state index contributed by atoms with van der Waals surface area (Å²) < 4.78 is 17.2. The molecule has 0 radical (unpaired) electrons. The Kier molecular flexibility index (Phi) is 6.66. The van der Waals surface area contributed by atoms with Gasteiger partial charge < -0.3 is 18.5 Å². The average molecular weight is 412 g/mol. The van der Waals surface area contributed by atoms with E-state index in [-0.39, 0.29) is 31.2 Å². The number of aryl methyl sites for hydroxylation is 2. The molecule has 0 saturated heterocycles. The molecule has 0 atom stereocenters. The Balaban J connectivity index is 1.52. The summed E-state index contributed by atoms with van der Waals surface area (Å²) in [5.74, 6) is -0.649. The lowest BCUT2D eigenvalue weighted by molar-refractivity contribution is -0.142. The number of rotatable bonds is 9. The molecule has 30 heavy (non-hydrogen) atoms. The highest BCUT2D eigenvalue weighted by Crippen LogP contribution is 2.18. The summed E-state index contributed by atoms with van der Waals surface area (Å²) in [6.07, 6.45) is 0.577. The van der Waals surface area contributed by atoms with Crippen LogP contribution in [0, 0.1) is 13.8 Å². The molecule has 0 spiro atoms. The standard InChI is InChI=1S/C22H24N2O6/c1-14-12-16(15(2)24(14)11-10-21(26)28-3)18(25)13-29-22(27)9-8-20-23-17-6-4-5-7-19(17)30-20/h4-7,12H,8-11,13H2,1-3H3. The largest absolute Gasteiger partial charge is 0.469 e. The summed E-state index contributed by atoms with van der Waals surface area (Å²) in [6.45, 7) is 3.73. The number of benzene rings is 1. The summed E-state index contributed by atoms with van der Waals surface area (Å²) in [5, 5.41) is 0. The van der Waals surface area contributed by atoms with E-state index >= 15 is 0 Å². The Bertz CT molecular complexity index is 1050. The molecule has 0 saturated carbocycles. The maximum absolute atomic E-state index is 12.5. The lowest BCUT2D eigenvalue weighted by atomic mass is 10.1. The van der Waals surface area contributed by atoms with Crippen LogP contribution >= 0.6 is 0 Å². The minimum absolute atomic E-state index is 0.0677. The van der Waals surface area contributed by atoms with Gasteiger partial charge >= 0.3 is 11.9 Å². The maximum atomic E-state index is 12.5. The molecular weight excluding hydrogens is 388 g/mol. The van der Waals surface area contributed by atoms with Crippen LogP contribution in [0.4, 0.5) is 0 Å². The van der Waals surface area contributed by atoms with E-state index < -0.39 is 5.97 Å². The van der Waals surface area contributed by atoms with Crippen molar-refractivity contribution in [2.75, 3.05) is 13.7 Å². The van der Waals surface area contributed by atoms with Gasteiger partial charge in [-0.2, -0.15) is 0 Å². The molecular formula is C22H24N2O6. The Morgan fingerprint density at radius 3 is 2.60 bits per heavy atom. The number of aromatic nitrogens is 2. The topological polar surface area (TPSA) is 101 Å². The van der Waals surface area contributed by atoms with Crippen LogP contribution in [0.5, 0.6) is 0 Å². The van der Waals surface area contributed by atoms with Gasteiger partial charge in [0.15, 0.2) is 18.1 Å². The summed E-state index contributed by atoms with van der Waals surface area (Å²) >= 11 is 0. The minimum Gasteiger partial charge on any atom is -0.469 e. The molecule has 158 valence electrons. The molecule has 0 fully saturated rings. The molecule has 8 heteroatoms. The zero-order valence-corrected chi connectivity index (χ0v) is 17.3. The van der Waals surface area contributed by atoms with Gasteiger partial charge in [0, 0.05) is 29.9 Å².